The van der Waals surface area contributed by atoms with Gasteiger partial charge >= 0.3 is 0 Å². The van der Waals surface area contributed by atoms with Gasteiger partial charge in [-0.2, -0.15) is 0 Å². The van der Waals surface area contributed by atoms with E-state index in [-0.39, 0.29) is 0 Å². The van der Waals surface area contributed by atoms with Crippen molar-refractivity contribution in [1.82, 2.24) is 0 Å². The second kappa shape index (κ2) is 5.23. The van der Waals surface area contributed by atoms with E-state index in [1.54, 1.807) is 0 Å². The second-order valence-electron chi connectivity index (χ2n) is 5.24. The van der Waals surface area contributed by atoms with Gasteiger partial charge in [-0.15, -0.1) is 0 Å². The summed E-state index contributed by atoms with van der Waals surface area (Å²) < 4.78 is 0. The summed E-state index contributed by atoms with van der Waals surface area (Å²) in [4.78, 5) is 0. The van der Waals surface area contributed by atoms with E-state index in [4.69, 9.17) is 11.6 Å². The predicted molar refractivity (Wildman–Crippen MR) is 71.4 cm³/mol. The summed E-state index contributed by atoms with van der Waals surface area (Å²) in [6.07, 6.45) is 6.78. The third-order valence-electron chi connectivity index (χ3n) is 3.73. The molecule has 1 fully saturated rings. The third kappa shape index (κ3) is 2.43. The number of hydrogen-bond acceptors (Lipinski definition) is 0. The first-order chi connectivity index (χ1) is 7.70. The monoisotopic (exact) mass is 236 g/mol. The minimum atomic E-state index is 0.524. The van der Waals surface area contributed by atoms with Crippen LogP contribution in [0, 0.1) is 0 Å². The first kappa shape index (κ1) is 12.0. The molecule has 88 valence electrons. The third-order valence-corrected chi connectivity index (χ3v) is 4.16. The lowest BCUT2D eigenvalue weighted by Gasteiger charge is -2.24. The zero-order valence-electron chi connectivity index (χ0n) is 10.3. The summed E-state index contributed by atoms with van der Waals surface area (Å²) in [5, 5.41) is 1.03. The molecular weight excluding hydrogens is 216 g/mol. The highest BCUT2D eigenvalue weighted by molar-refractivity contribution is 6.32. The summed E-state index contributed by atoms with van der Waals surface area (Å²) in [5.74, 6) is 1.23. The van der Waals surface area contributed by atoms with Gasteiger partial charge in [0.25, 0.3) is 0 Å². The fourth-order valence-electron chi connectivity index (χ4n) is 2.74. The average Bonchev–Trinajstić information content (AvgIpc) is 2.30. The Bertz CT molecular complexity index is 348. The van der Waals surface area contributed by atoms with Crippen LogP contribution in [-0.2, 0) is 0 Å². The van der Waals surface area contributed by atoms with Crippen LogP contribution in [0.4, 0.5) is 0 Å². The van der Waals surface area contributed by atoms with Gasteiger partial charge in [-0.3, -0.25) is 0 Å². The Morgan fingerprint density at radius 2 is 1.81 bits per heavy atom. The molecule has 1 aliphatic rings. The van der Waals surface area contributed by atoms with Crippen LogP contribution in [0.25, 0.3) is 0 Å². The summed E-state index contributed by atoms with van der Waals surface area (Å²) in [6.45, 7) is 4.43. The summed E-state index contributed by atoms with van der Waals surface area (Å²) >= 11 is 6.54. The number of hydrogen-bond donors (Lipinski definition) is 0. The fourth-order valence-corrected chi connectivity index (χ4v) is 3.24. The van der Waals surface area contributed by atoms with Crippen molar-refractivity contribution in [2.24, 2.45) is 0 Å². The van der Waals surface area contributed by atoms with Crippen LogP contribution in [0.15, 0.2) is 18.2 Å². The lowest BCUT2D eigenvalue weighted by molar-refractivity contribution is 0.443. The Morgan fingerprint density at radius 3 is 2.44 bits per heavy atom. The van der Waals surface area contributed by atoms with Crippen molar-refractivity contribution in [2.45, 2.75) is 57.8 Å². The maximum Gasteiger partial charge on any atom is 0.0475 e. The van der Waals surface area contributed by atoms with E-state index in [0.717, 1.165) is 5.02 Å². The molecule has 0 spiro atoms. The van der Waals surface area contributed by atoms with Gasteiger partial charge in [0.2, 0.25) is 0 Å². The Labute approximate surface area is 104 Å². The zero-order chi connectivity index (χ0) is 11.5. The van der Waals surface area contributed by atoms with E-state index < -0.39 is 0 Å². The summed E-state index contributed by atoms with van der Waals surface area (Å²) in [6, 6.07) is 6.56. The van der Waals surface area contributed by atoms with Crippen LogP contribution in [-0.4, -0.2) is 0 Å². The zero-order valence-corrected chi connectivity index (χ0v) is 11.1. The van der Waals surface area contributed by atoms with E-state index >= 15 is 0 Å². The molecule has 16 heavy (non-hydrogen) atoms. The van der Waals surface area contributed by atoms with Gasteiger partial charge in [-0.1, -0.05) is 62.9 Å². The van der Waals surface area contributed by atoms with Crippen LogP contribution in [0.2, 0.25) is 5.02 Å². The van der Waals surface area contributed by atoms with Crippen molar-refractivity contribution in [1.29, 1.82) is 0 Å². The molecule has 1 aliphatic carbocycles. The van der Waals surface area contributed by atoms with Crippen LogP contribution in [0.3, 0.4) is 0 Å². The molecule has 1 saturated carbocycles. The number of halogens is 1. The van der Waals surface area contributed by atoms with Crippen LogP contribution < -0.4 is 0 Å². The van der Waals surface area contributed by atoms with Crippen LogP contribution >= 0.6 is 11.6 Å². The van der Waals surface area contributed by atoms with E-state index in [9.17, 15) is 0 Å². The van der Waals surface area contributed by atoms with Gasteiger partial charge in [0.1, 0.15) is 0 Å². The SMILES string of the molecule is CC(C)c1cccc(C2CCCCC2)c1Cl. The van der Waals surface area contributed by atoms with Crippen molar-refractivity contribution in [3.63, 3.8) is 0 Å². The molecule has 0 aliphatic heterocycles. The maximum absolute atomic E-state index is 6.54. The molecule has 1 aromatic rings. The van der Waals surface area contributed by atoms with Crippen LogP contribution in [0.1, 0.15) is 68.9 Å². The van der Waals surface area contributed by atoms with E-state index in [2.05, 4.69) is 32.0 Å². The Morgan fingerprint density at radius 1 is 1.12 bits per heavy atom. The average molecular weight is 237 g/mol. The molecule has 1 aromatic carbocycles. The Balaban J connectivity index is 2.29. The maximum atomic E-state index is 6.54. The van der Waals surface area contributed by atoms with Gasteiger partial charge < -0.3 is 0 Å². The molecular formula is C15H21Cl. The van der Waals surface area contributed by atoms with Crippen molar-refractivity contribution in [3.8, 4) is 0 Å². The topological polar surface area (TPSA) is 0 Å². The fraction of sp³-hybridized carbons (Fsp3) is 0.600. The quantitative estimate of drug-likeness (QED) is 0.635. The highest BCUT2D eigenvalue weighted by Gasteiger charge is 2.19. The summed E-state index contributed by atoms with van der Waals surface area (Å²) in [5.41, 5.74) is 2.71. The molecule has 2 rings (SSSR count). The normalized spacial score (nSPS) is 18.0. The van der Waals surface area contributed by atoms with Crippen molar-refractivity contribution < 1.29 is 0 Å². The van der Waals surface area contributed by atoms with Gasteiger partial charge in [0.05, 0.1) is 0 Å². The molecule has 0 saturated heterocycles. The Kier molecular flexibility index (Phi) is 3.91. The molecule has 0 heterocycles. The van der Waals surface area contributed by atoms with Gasteiger partial charge in [-0.05, 0) is 35.8 Å². The van der Waals surface area contributed by atoms with E-state index in [1.807, 2.05) is 0 Å². The molecule has 0 atom stereocenters. The van der Waals surface area contributed by atoms with E-state index in [1.165, 1.54) is 43.2 Å². The highest BCUT2D eigenvalue weighted by atomic mass is 35.5. The van der Waals surface area contributed by atoms with E-state index in [0.29, 0.717) is 11.8 Å². The highest BCUT2D eigenvalue weighted by Crippen LogP contribution is 2.38. The van der Waals surface area contributed by atoms with Crippen molar-refractivity contribution in [3.05, 3.63) is 34.3 Å². The molecule has 0 aromatic heterocycles. The molecule has 1 heteroatoms. The molecule has 0 N–H and O–H groups in total. The molecule has 0 nitrogen and oxygen atoms in total. The smallest absolute Gasteiger partial charge is 0.0475 e. The molecule has 0 bridgehead atoms. The lowest BCUT2D eigenvalue weighted by Crippen LogP contribution is -2.06. The van der Waals surface area contributed by atoms with Gasteiger partial charge in [0.15, 0.2) is 0 Å². The van der Waals surface area contributed by atoms with Crippen molar-refractivity contribution >= 4 is 11.6 Å². The first-order valence-electron chi connectivity index (χ1n) is 6.48. The molecule has 0 amide bonds. The minimum Gasteiger partial charge on any atom is -0.0837 e. The van der Waals surface area contributed by atoms with Crippen molar-refractivity contribution in [2.75, 3.05) is 0 Å². The minimum absolute atomic E-state index is 0.524. The lowest BCUT2D eigenvalue weighted by atomic mass is 9.83. The second-order valence-corrected chi connectivity index (χ2v) is 5.62. The van der Waals surface area contributed by atoms with Gasteiger partial charge in [0, 0.05) is 5.02 Å². The van der Waals surface area contributed by atoms with Gasteiger partial charge in [-0.25, -0.2) is 0 Å². The number of rotatable bonds is 2. The largest absolute Gasteiger partial charge is 0.0837 e. The Hall–Kier alpha value is -0.490. The predicted octanol–water partition coefficient (Wildman–Crippen LogP) is 5.51. The molecule has 0 unspecified atom stereocenters. The summed E-state index contributed by atoms with van der Waals surface area (Å²) in [7, 11) is 0. The molecule has 0 radical (unpaired) electrons. The first-order valence-corrected chi connectivity index (χ1v) is 6.86. The standard InChI is InChI=1S/C15H21Cl/c1-11(2)13-9-6-10-14(15(13)16)12-7-4-3-5-8-12/h6,9-12H,3-5,7-8H2,1-2H3. The van der Waals surface area contributed by atoms with Crippen LogP contribution in [0.5, 0.6) is 0 Å². The number of benzene rings is 1.